The maximum atomic E-state index is 13.4. The van der Waals surface area contributed by atoms with E-state index in [-0.39, 0.29) is 5.91 Å². The zero-order chi connectivity index (χ0) is 19.9. The van der Waals surface area contributed by atoms with Crippen LogP contribution in [0.25, 0.3) is 0 Å². The van der Waals surface area contributed by atoms with Gasteiger partial charge < -0.3 is 10.1 Å². The van der Waals surface area contributed by atoms with Gasteiger partial charge in [0.05, 0.1) is 11.6 Å². The number of carbonyl (C=O) groups excluding carboxylic acids is 1. The summed E-state index contributed by atoms with van der Waals surface area (Å²) in [6, 6.07) is 36.6. The van der Waals surface area contributed by atoms with Gasteiger partial charge in [-0.1, -0.05) is 91.0 Å². The molecular weight excluding hydrogens is 358 g/mol. The number of rotatable bonds is 6. The Kier molecular flexibility index (Phi) is 5.68. The minimum Gasteiger partial charge on any atom is -0.455 e. The molecule has 4 aromatic rings. The summed E-state index contributed by atoms with van der Waals surface area (Å²) in [4.78, 5) is 13.4. The Hall–Kier alpha value is -3.85. The second-order valence-electron chi connectivity index (χ2n) is 6.65. The molecule has 0 aliphatic carbocycles. The van der Waals surface area contributed by atoms with Crippen LogP contribution < -0.4 is 10.1 Å². The highest BCUT2D eigenvalue weighted by Crippen LogP contribution is 2.32. The molecule has 0 unspecified atom stereocenters. The molecule has 1 amide bonds. The van der Waals surface area contributed by atoms with Crippen molar-refractivity contribution >= 4 is 11.6 Å². The monoisotopic (exact) mass is 379 g/mol. The van der Waals surface area contributed by atoms with Crippen molar-refractivity contribution in [2.75, 3.05) is 5.32 Å². The number of amides is 1. The van der Waals surface area contributed by atoms with Gasteiger partial charge in [-0.05, 0) is 35.4 Å². The van der Waals surface area contributed by atoms with Crippen LogP contribution in [-0.4, -0.2) is 5.91 Å². The van der Waals surface area contributed by atoms with E-state index in [9.17, 15) is 4.79 Å². The molecule has 0 bridgehead atoms. The fourth-order valence-electron chi connectivity index (χ4n) is 3.27. The van der Waals surface area contributed by atoms with Crippen molar-refractivity contribution in [1.29, 1.82) is 0 Å². The Morgan fingerprint density at radius 2 is 1.10 bits per heavy atom. The van der Waals surface area contributed by atoms with E-state index >= 15 is 0 Å². The van der Waals surface area contributed by atoms with Crippen molar-refractivity contribution in [3.8, 4) is 11.5 Å². The Morgan fingerprint density at radius 1 is 0.621 bits per heavy atom. The predicted octanol–water partition coefficient (Wildman–Crippen LogP) is 6.25. The molecule has 0 saturated heterocycles. The molecule has 4 aromatic carbocycles. The van der Waals surface area contributed by atoms with Gasteiger partial charge in [-0.2, -0.15) is 0 Å². The molecule has 0 aromatic heterocycles. The number of para-hydroxylation sites is 3. The molecule has 0 heterocycles. The number of anilines is 1. The van der Waals surface area contributed by atoms with Crippen molar-refractivity contribution in [3.05, 3.63) is 126 Å². The summed E-state index contributed by atoms with van der Waals surface area (Å²) in [5.74, 6) is 0.803. The van der Waals surface area contributed by atoms with Gasteiger partial charge in [-0.3, -0.25) is 4.79 Å². The maximum absolute atomic E-state index is 13.4. The molecule has 3 heteroatoms. The zero-order valence-electron chi connectivity index (χ0n) is 15.9. The maximum Gasteiger partial charge on any atom is 0.236 e. The van der Waals surface area contributed by atoms with Crippen LogP contribution in [0, 0.1) is 0 Å². The van der Waals surface area contributed by atoms with Gasteiger partial charge in [0.25, 0.3) is 0 Å². The second kappa shape index (κ2) is 8.89. The van der Waals surface area contributed by atoms with Crippen LogP contribution >= 0.6 is 0 Å². The summed E-state index contributed by atoms with van der Waals surface area (Å²) in [6.07, 6.45) is 0. The van der Waals surface area contributed by atoms with E-state index in [1.807, 2.05) is 115 Å². The minimum atomic E-state index is -0.415. The topological polar surface area (TPSA) is 38.3 Å². The van der Waals surface area contributed by atoms with Crippen molar-refractivity contribution in [2.24, 2.45) is 0 Å². The van der Waals surface area contributed by atoms with E-state index in [4.69, 9.17) is 4.74 Å². The van der Waals surface area contributed by atoms with Crippen molar-refractivity contribution < 1.29 is 9.53 Å². The highest BCUT2D eigenvalue weighted by Gasteiger charge is 2.23. The van der Waals surface area contributed by atoms with E-state index in [1.54, 1.807) is 0 Å². The van der Waals surface area contributed by atoms with Gasteiger partial charge >= 0.3 is 0 Å². The number of nitrogens with one attached hydrogen (secondary N) is 1. The molecule has 142 valence electrons. The molecular formula is C26H21NO2. The SMILES string of the molecule is O=C(Nc1ccccc1Oc1ccccc1)C(c1ccccc1)c1ccccc1. The fraction of sp³-hybridized carbons (Fsp3) is 0.0385. The van der Waals surface area contributed by atoms with Crippen LogP contribution in [0.3, 0.4) is 0 Å². The van der Waals surface area contributed by atoms with Crippen LogP contribution in [0.5, 0.6) is 11.5 Å². The van der Waals surface area contributed by atoms with Crippen LogP contribution in [-0.2, 0) is 4.79 Å². The van der Waals surface area contributed by atoms with Gasteiger partial charge in [-0.25, -0.2) is 0 Å². The smallest absolute Gasteiger partial charge is 0.236 e. The Bertz CT molecular complexity index is 1020. The second-order valence-corrected chi connectivity index (χ2v) is 6.65. The summed E-state index contributed by atoms with van der Waals surface area (Å²) < 4.78 is 5.99. The third-order valence-electron chi connectivity index (χ3n) is 4.64. The lowest BCUT2D eigenvalue weighted by Crippen LogP contribution is -2.22. The minimum absolute atomic E-state index is 0.105. The van der Waals surface area contributed by atoms with Gasteiger partial charge in [0, 0.05) is 0 Å². The molecule has 3 nitrogen and oxygen atoms in total. The molecule has 29 heavy (non-hydrogen) atoms. The fourth-order valence-corrected chi connectivity index (χ4v) is 3.27. The number of carbonyl (C=O) groups is 1. The van der Waals surface area contributed by atoms with Crippen LogP contribution in [0.15, 0.2) is 115 Å². The first-order chi connectivity index (χ1) is 14.3. The van der Waals surface area contributed by atoms with Gasteiger partial charge in [0.15, 0.2) is 5.75 Å². The van der Waals surface area contributed by atoms with Gasteiger partial charge in [0.1, 0.15) is 5.75 Å². The Morgan fingerprint density at radius 3 is 1.69 bits per heavy atom. The third-order valence-corrected chi connectivity index (χ3v) is 4.64. The quantitative estimate of drug-likeness (QED) is 0.430. The third kappa shape index (κ3) is 4.53. The summed E-state index contributed by atoms with van der Waals surface area (Å²) in [5.41, 5.74) is 2.52. The molecule has 0 fully saturated rings. The number of hydrogen-bond acceptors (Lipinski definition) is 2. The lowest BCUT2D eigenvalue weighted by Gasteiger charge is -2.19. The average molecular weight is 379 g/mol. The summed E-state index contributed by atoms with van der Waals surface area (Å²) in [7, 11) is 0. The van der Waals surface area contributed by atoms with E-state index in [0.717, 1.165) is 16.9 Å². The molecule has 0 aliphatic heterocycles. The van der Waals surface area contributed by atoms with E-state index in [2.05, 4.69) is 5.32 Å². The lowest BCUT2D eigenvalue weighted by molar-refractivity contribution is -0.116. The summed E-state index contributed by atoms with van der Waals surface area (Å²) in [6.45, 7) is 0. The van der Waals surface area contributed by atoms with Crippen molar-refractivity contribution in [1.82, 2.24) is 0 Å². The van der Waals surface area contributed by atoms with Gasteiger partial charge in [-0.15, -0.1) is 0 Å². The highest BCUT2D eigenvalue weighted by atomic mass is 16.5. The van der Waals surface area contributed by atoms with E-state index in [0.29, 0.717) is 11.4 Å². The molecule has 1 N–H and O–H groups in total. The van der Waals surface area contributed by atoms with E-state index in [1.165, 1.54) is 0 Å². The average Bonchev–Trinajstić information content (AvgIpc) is 2.78. The van der Waals surface area contributed by atoms with E-state index < -0.39 is 5.92 Å². The predicted molar refractivity (Wildman–Crippen MR) is 116 cm³/mol. The summed E-state index contributed by atoms with van der Waals surface area (Å²) in [5, 5.41) is 3.06. The van der Waals surface area contributed by atoms with Crippen molar-refractivity contribution in [2.45, 2.75) is 5.92 Å². The number of ether oxygens (including phenoxy) is 1. The standard InChI is InChI=1S/C26H21NO2/c28-26(25(20-12-4-1-5-13-20)21-14-6-2-7-15-21)27-23-18-10-11-19-24(23)29-22-16-8-3-9-17-22/h1-19,25H,(H,27,28). The molecule has 0 saturated carbocycles. The Balaban J connectivity index is 1.64. The van der Waals surface area contributed by atoms with Crippen LogP contribution in [0.2, 0.25) is 0 Å². The molecule has 4 rings (SSSR count). The Labute approximate surface area is 170 Å². The lowest BCUT2D eigenvalue weighted by atomic mass is 9.90. The normalized spacial score (nSPS) is 10.5. The number of hydrogen-bond donors (Lipinski definition) is 1. The molecule has 0 radical (unpaired) electrons. The van der Waals surface area contributed by atoms with Crippen LogP contribution in [0.1, 0.15) is 17.0 Å². The molecule has 0 atom stereocenters. The largest absolute Gasteiger partial charge is 0.455 e. The number of benzene rings is 4. The molecule has 0 spiro atoms. The van der Waals surface area contributed by atoms with Crippen molar-refractivity contribution in [3.63, 3.8) is 0 Å². The first-order valence-corrected chi connectivity index (χ1v) is 9.54. The first kappa shape index (κ1) is 18.5. The highest BCUT2D eigenvalue weighted by molar-refractivity contribution is 5.99. The van der Waals surface area contributed by atoms with Gasteiger partial charge in [0.2, 0.25) is 5.91 Å². The van der Waals surface area contributed by atoms with Crippen LogP contribution in [0.4, 0.5) is 5.69 Å². The molecule has 0 aliphatic rings. The first-order valence-electron chi connectivity index (χ1n) is 9.54. The zero-order valence-corrected chi connectivity index (χ0v) is 15.9. The summed E-state index contributed by atoms with van der Waals surface area (Å²) >= 11 is 0.